The lowest BCUT2D eigenvalue weighted by atomic mass is 9.98. The SMILES string of the molecule is CCCC(CCC)C(=O)Oc1ccc(C[C@H](NC(=O)OCc2ccccc2)C(=O)OC(=O)c2ccccc2)cc1. The van der Waals surface area contributed by atoms with E-state index in [1.807, 2.05) is 32.0 Å². The molecule has 0 aliphatic carbocycles. The van der Waals surface area contributed by atoms with Gasteiger partial charge in [-0.3, -0.25) is 4.79 Å². The quantitative estimate of drug-likeness (QED) is 0.159. The van der Waals surface area contributed by atoms with Gasteiger partial charge in [0.15, 0.2) is 0 Å². The second-order valence-corrected chi connectivity index (χ2v) is 9.38. The summed E-state index contributed by atoms with van der Waals surface area (Å²) in [5.74, 6) is -1.78. The molecule has 0 bridgehead atoms. The summed E-state index contributed by atoms with van der Waals surface area (Å²) in [6.45, 7) is 4.07. The molecule has 0 saturated carbocycles. The third kappa shape index (κ3) is 9.69. The molecule has 0 saturated heterocycles. The second kappa shape index (κ2) is 15.8. The predicted octanol–water partition coefficient (Wildman–Crippen LogP) is 6.03. The highest BCUT2D eigenvalue weighted by Crippen LogP contribution is 2.20. The maximum Gasteiger partial charge on any atom is 0.408 e. The van der Waals surface area contributed by atoms with Crippen LogP contribution in [0, 0.1) is 5.92 Å². The zero-order valence-electron chi connectivity index (χ0n) is 22.8. The summed E-state index contributed by atoms with van der Waals surface area (Å²) in [6.07, 6.45) is 2.50. The molecular weight excluding hydrogens is 510 g/mol. The van der Waals surface area contributed by atoms with E-state index in [-0.39, 0.29) is 30.5 Å². The van der Waals surface area contributed by atoms with Gasteiger partial charge in [-0.2, -0.15) is 0 Å². The largest absolute Gasteiger partial charge is 0.445 e. The number of ether oxygens (including phenoxy) is 3. The first kappa shape index (κ1) is 30.1. The van der Waals surface area contributed by atoms with Crippen molar-refractivity contribution in [3.8, 4) is 5.75 Å². The number of alkyl carbamates (subject to hydrolysis) is 1. The Labute approximate surface area is 234 Å². The monoisotopic (exact) mass is 545 g/mol. The average Bonchev–Trinajstić information content (AvgIpc) is 2.97. The Kier molecular flexibility index (Phi) is 11.9. The lowest BCUT2D eigenvalue weighted by Crippen LogP contribution is -2.44. The first-order valence-corrected chi connectivity index (χ1v) is 13.5. The first-order valence-electron chi connectivity index (χ1n) is 13.5. The van der Waals surface area contributed by atoms with Gasteiger partial charge in [0.1, 0.15) is 18.4 Å². The number of carbonyl (C=O) groups is 4. The van der Waals surface area contributed by atoms with E-state index < -0.39 is 24.1 Å². The molecule has 3 aromatic rings. The minimum absolute atomic E-state index is 0.00844. The summed E-state index contributed by atoms with van der Waals surface area (Å²) in [5.41, 5.74) is 1.63. The van der Waals surface area contributed by atoms with E-state index >= 15 is 0 Å². The Morgan fingerprint density at radius 1 is 0.725 bits per heavy atom. The summed E-state index contributed by atoms with van der Waals surface area (Å²) in [5, 5.41) is 2.51. The molecule has 0 aliphatic heterocycles. The molecule has 3 aromatic carbocycles. The number of hydrogen-bond acceptors (Lipinski definition) is 7. The van der Waals surface area contributed by atoms with Crippen LogP contribution in [0.3, 0.4) is 0 Å². The second-order valence-electron chi connectivity index (χ2n) is 9.38. The van der Waals surface area contributed by atoms with Crippen LogP contribution in [0.15, 0.2) is 84.9 Å². The van der Waals surface area contributed by atoms with E-state index in [2.05, 4.69) is 5.32 Å². The fraction of sp³-hybridized carbons (Fsp3) is 0.312. The zero-order chi connectivity index (χ0) is 28.7. The van der Waals surface area contributed by atoms with Crippen molar-refractivity contribution in [3.05, 3.63) is 102 Å². The fourth-order valence-corrected chi connectivity index (χ4v) is 4.10. The van der Waals surface area contributed by atoms with Gasteiger partial charge in [0.05, 0.1) is 11.5 Å². The van der Waals surface area contributed by atoms with Crippen molar-refractivity contribution >= 4 is 24.0 Å². The fourth-order valence-electron chi connectivity index (χ4n) is 4.10. The molecule has 1 N–H and O–H groups in total. The van der Waals surface area contributed by atoms with Crippen LogP contribution in [0.5, 0.6) is 5.75 Å². The lowest BCUT2D eigenvalue weighted by molar-refractivity contribution is -0.140. The maximum absolute atomic E-state index is 13.0. The van der Waals surface area contributed by atoms with Gasteiger partial charge in [0, 0.05) is 6.42 Å². The van der Waals surface area contributed by atoms with Crippen LogP contribution in [0.2, 0.25) is 0 Å². The topological polar surface area (TPSA) is 108 Å². The van der Waals surface area contributed by atoms with Crippen LogP contribution in [-0.4, -0.2) is 30.0 Å². The summed E-state index contributed by atoms with van der Waals surface area (Å²) in [6, 6.07) is 22.6. The summed E-state index contributed by atoms with van der Waals surface area (Å²) < 4.78 is 15.9. The molecule has 0 heterocycles. The van der Waals surface area contributed by atoms with E-state index in [9.17, 15) is 19.2 Å². The van der Waals surface area contributed by atoms with Crippen molar-refractivity contribution in [2.75, 3.05) is 0 Å². The van der Waals surface area contributed by atoms with Crippen molar-refractivity contribution in [1.82, 2.24) is 5.32 Å². The van der Waals surface area contributed by atoms with Crippen LogP contribution in [-0.2, 0) is 32.1 Å². The number of esters is 3. The van der Waals surface area contributed by atoms with E-state index in [1.54, 1.807) is 54.6 Å². The van der Waals surface area contributed by atoms with Crippen molar-refractivity contribution < 1.29 is 33.4 Å². The molecule has 1 amide bonds. The summed E-state index contributed by atoms with van der Waals surface area (Å²) >= 11 is 0. The minimum atomic E-state index is -1.21. The van der Waals surface area contributed by atoms with Crippen LogP contribution in [0.1, 0.15) is 61.0 Å². The van der Waals surface area contributed by atoms with Crippen molar-refractivity contribution in [2.45, 2.75) is 58.6 Å². The van der Waals surface area contributed by atoms with Crippen LogP contribution in [0.25, 0.3) is 0 Å². The first-order chi connectivity index (χ1) is 19.4. The third-order valence-corrected chi connectivity index (χ3v) is 6.18. The maximum atomic E-state index is 13.0. The number of amides is 1. The lowest BCUT2D eigenvalue weighted by Gasteiger charge is -2.18. The standard InChI is InChI=1S/C32H35NO7/c1-3-11-25(12-4-2)29(34)39-27-19-17-23(18-20-27)21-28(31(36)40-30(35)26-15-9-6-10-16-26)33-32(37)38-22-24-13-7-5-8-14-24/h5-10,13-20,25,28H,3-4,11-12,21-22H2,1-2H3,(H,33,37)/t28-/m0/s1. The van der Waals surface area contributed by atoms with Gasteiger partial charge in [-0.1, -0.05) is 87.4 Å². The molecular formula is C32H35NO7. The van der Waals surface area contributed by atoms with Gasteiger partial charge < -0.3 is 19.5 Å². The molecule has 40 heavy (non-hydrogen) atoms. The van der Waals surface area contributed by atoms with Gasteiger partial charge in [0.2, 0.25) is 0 Å². The molecule has 0 aromatic heterocycles. The number of nitrogens with one attached hydrogen (secondary N) is 1. The molecule has 8 nitrogen and oxygen atoms in total. The molecule has 0 fully saturated rings. The molecule has 210 valence electrons. The summed E-state index contributed by atoms with van der Waals surface area (Å²) in [7, 11) is 0. The zero-order valence-corrected chi connectivity index (χ0v) is 22.8. The Balaban J connectivity index is 1.68. The highest BCUT2D eigenvalue weighted by Gasteiger charge is 2.27. The Bertz CT molecular complexity index is 1240. The third-order valence-electron chi connectivity index (χ3n) is 6.18. The Hall–Kier alpha value is -4.46. The van der Waals surface area contributed by atoms with Gasteiger partial charge in [-0.15, -0.1) is 0 Å². The minimum Gasteiger partial charge on any atom is -0.445 e. The van der Waals surface area contributed by atoms with E-state index in [0.29, 0.717) is 11.3 Å². The number of carbonyl (C=O) groups excluding carboxylic acids is 4. The average molecular weight is 546 g/mol. The number of rotatable bonds is 13. The van der Waals surface area contributed by atoms with Gasteiger partial charge in [-0.25, -0.2) is 14.4 Å². The number of benzene rings is 3. The van der Waals surface area contributed by atoms with E-state index in [4.69, 9.17) is 14.2 Å². The molecule has 1 atom stereocenters. The van der Waals surface area contributed by atoms with Crippen molar-refractivity contribution in [1.29, 1.82) is 0 Å². The highest BCUT2D eigenvalue weighted by atomic mass is 16.6. The predicted molar refractivity (Wildman–Crippen MR) is 150 cm³/mol. The summed E-state index contributed by atoms with van der Waals surface area (Å²) in [4.78, 5) is 50.5. The van der Waals surface area contributed by atoms with E-state index in [1.165, 1.54) is 12.1 Å². The van der Waals surface area contributed by atoms with Crippen LogP contribution < -0.4 is 10.1 Å². The van der Waals surface area contributed by atoms with E-state index in [0.717, 1.165) is 31.2 Å². The molecule has 0 aliphatic rings. The molecule has 3 rings (SSSR count). The normalized spacial score (nSPS) is 11.4. The van der Waals surface area contributed by atoms with Crippen molar-refractivity contribution in [3.63, 3.8) is 0 Å². The van der Waals surface area contributed by atoms with Crippen molar-refractivity contribution in [2.24, 2.45) is 5.92 Å². The highest BCUT2D eigenvalue weighted by molar-refractivity contribution is 5.98. The molecule has 0 radical (unpaired) electrons. The number of hydrogen-bond donors (Lipinski definition) is 1. The molecule has 0 spiro atoms. The smallest absolute Gasteiger partial charge is 0.408 e. The van der Waals surface area contributed by atoms with Gasteiger partial charge >= 0.3 is 24.0 Å². The Morgan fingerprint density at radius 3 is 1.93 bits per heavy atom. The molecule has 8 heteroatoms. The van der Waals surface area contributed by atoms with Crippen LogP contribution in [0.4, 0.5) is 4.79 Å². The Morgan fingerprint density at radius 2 is 1.32 bits per heavy atom. The van der Waals surface area contributed by atoms with Crippen LogP contribution >= 0.6 is 0 Å². The molecule has 0 unspecified atom stereocenters. The van der Waals surface area contributed by atoms with Gasteiger partial charge in [0.25, 0.3) is 0 Å². The van der Waals surface area contributed by atoms with Gasteiger partial charge in [-0.05, 0) is 48.2 Å².